The van der Waals surface area contributed by atoms with Crippen LogP contribution in [0.25, 0.3) is 11.0 Å². The number of hydrogen-bond donors (Lipinski definition) is 1. The Hall–Kier alpha value is -2.10. The van der Waals surface area contributed by atoms with Crippen molar-refractivity contribution in [2.45, 2.75) is 6.92 Å². The fourth-order valence-corrected chi connectivity index (χ4v) is 1.42. The van der Waals surface area contributed by atoms with Crippen LogP contribution in [0, 0.1) is 0 Å². The number of furan rings is 1. The highest BCUT2D eigenvalue weighted by Crippen LogP contribution is 2.28. The number of Topliss-reactive ketones (excluding diaryl/α,β-unsaturated/α-hetero) is 1. The molecule has 0 saturated carbocycles. The van der Waals surface area contributed by atoms with E-state index in [1.54, 1.807) is 0 Å². The predicted molar refractivity (Wildman–Crippen MR) is 53.3 cm³/mol. The first-order valence-corrected chi connectivity index (χ1v) is 4.35. The lowest BCUT2D eigenvalue weighted by molar-refractivity contribution is 0.0989. The number of carbonyl (C=O) groups is 2. The van der Waals surface area contributed by atoms with Gasteiger partial charge in [-0.2, -0.15) is 0 Å². The average Bonchev–Trinajstić information content (AvgIpc) is 2.61. The number of rotatable bonds is 2. The Balaban J connectivity index is 2.80. The third kappa shape index (κ3) is 1.40. The van der Waals surface area contributed by atoms with Crippen molar-refractivity contribution in [2.24, 2.45) is 0 Å². The molecule has 0 fully saturated rings. The molecule has 2 rings (SSSR count). The van der Waals surface area contributed by atoms with Gasteiger partial charge in [-0.25, -0.2) is 0 Å². The van der Waals surface area contributed by atoms with Crippen LogP contribution in [0.15, 0.2) is 22.6 Å². The summed E-state index contributed by atoms with van der Waals surface area (Å²) in [4.78, 5) is 21.8. The topological polar surface area (TPSA) is 67.5 Å². The summed E-state index contributed by atoms with van der Waals surface area (Å²) in [5.41, 5.74) is 0.559. The molecule has 0 atom stereocenters. The Morgan fingerprint density at radius 1 is 1.47 bits per heavy atom. The molecular weight excluding hydrogens is 196 g/mol. The van der Waals surface area contributed by atoms with Crippen molar-refractivity contribution in [3.8, 4) is 5.75 Å². The third-order valence-electron chi connectivity index (χ3n) is 2.18. The number of phenols is 1. The summed E-state index contributed by atoms with van der Waals surface area (Å²) in [5.74, 6) is -0.158. The molecule has 4 heteroatoms. The predicted octanol–water partition coefficient (Wildman–Crippen LogP) is 2.15. The molecule has 4 nitrogen and oxygen atoms in total. The van der Waals surface area contributed by atoms with E-state index < -0.39 is 0 Å². The van der Waals surface area contributed by atoms with Crippen molar-refractivity contribution in [3.05, 3.63) is 29.5 Å². The standard InChI is InChI=1S/C11H8O4/c1-6(13)11-4-7-8(5-12)9(14)2-3-10(7)15-11/h2-5,14H,1H3. The summed E-state index contributed by atoms with van der Waals surface area (Å²) < 4.78 is 5.21. The number of carbonyl (C=O) groups excluding carboxylic acids is 2. The number of aromatic hydroxyl groups is 1. The molecule has 1 aromatic carbocycles. The second kappa shape index (κ2) is 3.24. The van der Waals surface area contributed by atoms with Gasteiger partial charge in [-0.15, -0.1) is 0 Å². The van der Waals surface area contributed by atoms with Gasteiger partial charge in [-0.1, -0.05) is 0 Å². The molecule has 0 aliphatic heterocycles. The molecular formula is C11H8O4. The number of ketones is 1. The van der Waals surface area contributed by atoms with Crippen LogP contribution in [0.4, 0.5) is 0 Å². The van der Waals surface area contributed by atoms with E-state index in [9.17, 15) is 14.7 Å². The monoisotopic (exact) mass is 204 g/mol. The molecule has 76 valence electrons. The van der Waals surface area contributed by atoms with E-state index in [1.165, 1.54) is 25.1 Å². The first-order valence-electron chi connectivity index (χ1n) is 4.35. The van der Waals surface area contributed by atoms with Crippen LogP contribution in [0.5, 0.6) is 5.75 Å². The Morgan fingerprint density at radius 3 is 2.80 bits per heavy atom. The molecule has 0 aliphatic carbocycles. The molecule has 0 spiro atoms. The van der Waals surface area contributed by atoms with Gasteiger partial charge in [0.25, 0.3) is 0 Å². The minimum absolute atomic E-state index is 0.117. The van der Waals surface area contributed by atoms with Gasteiger partial charge in [0, 0.05) is 12.3 Å². The smallest absolute Gasteiger partial charge is 0.194 e. The lowest BCUT2D eigenvalue weighted by Crippen LogP contribution is -1.86. The fraction of sp³-hybridized carbons (Fsp3) is 0.0909. The second-order valence-electron chi connectivity index (χ2n) is 3.19. The molecule has 2 aromatic rings. The van der Waals surface area contributed by atoms with Gasteiger partial charge in [0.05, 0.1) is 5.56 Å². The highest BCUT2D eigenvalue weighted by molar-refractivity contribution is 6.03. The number of phenolic OH excluding ortho intramolecular Hbond substituents is 1. The zero-order valence-corrected chi connectivity index (χ0v) is 7.98. The Kier molecular flexibility index (Phi) is 2.04. The molecule has 1 N–H and O–H groups in total. The van der Waals surface area contributed by atoms with Crippen molar-refractivity contribution in [1.82, 2.24) is 0 Å². The highest BCUT2D eigenvalue weighted by atomic mass is 16.3. The van der Waals surface area contributed by atoms with E-state index in [0.29, 0.717) is 17.3 Å². The Morgan fingerprint density at radius 2 is 2.20 bits per heavy atom. The summed E-state index contributed by atoms with van der Waals surface area (Å²) in [6.07, 6.45) is 0.539. The number of aldehydes is 1. The van der Waals surface area contributed by atoms with Crippen LogP contribution in [-0.2, 0) is 0 Å². The van der Waals surface area contributed by atoms with Crippen LogP contribution < -0.4 is 0 Å². The van der Waals surface area contributed by atoms with Gasteiger partial charge in [0.15, 0.2) is 17.8 Å². The SMILES string of the molecule is CC(=O)c1cc2c(C=O)c(O)ccc2o1. The summed E-state index contributed by atoms with van der Waals surface area (Å²) in [7, 11) is 0. The first-order chi connectivity index (χ1) is 7.13. The number of fused-ring (bicyclic) bond motifs is 1. The van der Waals surface area contributed by atoms with Crippen LogP contribution in [0.3, 0.4) is 0 Å². The number of hydrogen-bond acceptors (Lipinski definition) is 4. The largest absolute Gasteiger partial charge is 0.507 e. The van der Waals surface area contributed by atoms with Gasteiger partial charge in [-0.3, -0.25) is 9.59 Å². The molecule has 0 amide bonds. The van der Waals surface area contributed by atoms with Crippen molar-refractivity contribution in [2.75, 3.05) is 0 Å². The zero-order chi connectivity index (χ0) is 11.0. The molecule has 1 aromatic heterocycles. The molecule has 1 heterocycles. The summed E-state index contributed by atoms with van der Waals surface area (Å²) in [6.45, 7) is 1.37. The van der Waals surface area contributed by atoms with Crippen molar-refractivity contribution >= 4 is 23.0 Å². The summed E-state index contributed by atoms with van der Waals surface area (Å²) in [6, 6.07) is 4.34. The van der Waals surface area contributed by atoms with Crippen LogP contribution in [0.1, 0.15) is 27.8 Å². The zero-order valence-electron chi connectivity index (χ0n) is 7.98. The van der Waals surface area contributed by atoms with Crippen LogP contribution in [-0.4, -0.2) is 17.2 Å². The lowest BCUT2D eigenvalue weighted by Gasteiger charge is -1.95. The Labute approximate surface area is 85.1 Å². The maximum absolute atomic E-state index is 11.1. The van der Waals surface area contributed by atoms with Gasteiger partial charge in [0.1, 0.15) is 11.3 Å². The van der Waals surface area contributed by atoms with Gasteiger partial charge in [0.2, 0.25) is 0 Å². The molecule has 0 bridgehead atoms. The van der Waals surface area contributed by atoms with Gasteiger partial charge in [-0.05, 0) is 18.2 Å². The number of benzene rings is 1. The molecule has 0 unspecified atom stereocenters. The molecule has 0 radical (unpaired) electrons. The summed E-state index contributed by atoms with van der Waals surface area (Å²) >= 11 is 0. The van der Waals surface area contributed by atoms with E-state index >= 15 is 0 Å². The lowest BCUT2D eigenvalue weighted by atomic mass is 10.1. The van der Waals surface area contributed by atoms with Gasteiger partial charge < -0.3 is 9.52 Å². The molecule has 0 saturated heterocycles. The van der Waals surface area contributed by atoms with Crippen molar-refractivity contribution in [1.29, 1.82) is 0 Å². The van der Waals surface area contributed by atoms with Crippen molar-refractivity contribution in [3.63, 3.8) is 0 Å². The second-order valence-corrected chi connectivity index (χ2v) is 3.19. The minimum Gasteiger partial charge on any atom is -0.507 e. The van der Waals surface area contributed by atoms with Crippen molar-refractivity contribution < 1.29 is 19.1 Å². The van der Waals surface area contributed by atoms with E-state index in [2.05, 4.69) is 0 Å². The third-order valence-corrected chi connectivity index (χ3v) is 2.18. The Bertz CT molecular complexity index is 551. The highest BCUT2D eigenvalue weighted by Gasteiger charge is 2.13. The van der Waals surface area contributed by atoms with E-state index in [4.69, 9.17) is 4.42 Å². The van der Waals surface area contributed by atoms with Crippen LogP contribution in [0.2, 0.25) is 0 Å². The van der Waals surface area contributed by atoms with E-state index in [1.807, 2.05) is 0 Å². The van der Waals surface area contributed by atoms with E-state index in [-0.39, 0.29) is 22.9 Å². The quantitative estimate of drug-likeness (QED) is 0.601. The normalized spacial score (nSPS) is 10.5. The first kappa shape index (κ1) is 9.45. The summed E-state index contributed by atoms with van der Waals surface area (Å²) in [5, 5.41) is 9.85. The van der Waals surface area contributed by atoms with Crippen LogP contribution >= 0.6 is 0 Å². The molecule has 15 heavy (non-hydrogen) atoms. The minimum atomic E-state index is -0.220. The average molecular weight is 204 g/mol. The molecule has 0 aliphatic rings. The maximum atomic E-state index is 11.1. The fourth-order valence-electron chi connectivity index (χ4n) is 1.42. The maximum Gasteiger partial charge on any atom is 0.194 e. The van der Waals surface area contributed by atoms with E-state index in [0.717, 1.165) is 0 Å². The van der Waals surface area contributed by atoms with Gasteiger partial charge >= 0.3 is 0 Å².